The molecule has 28 heavy (non-hydrogen) atoms. The maximum absolute atomic E-state index is 13.2. The SMILES string of the molecule is NC(=O)Cc1ccc(NC(=O)c2nn(-c3ccc(F)cc3)c3c2CCC3)cc1. The third-order valence-corrected chi connectivity index (χ3v) is 4.81. The first-order valence-electron chi connectivity index (χ1n) is 9.06. The minimum Gasteiger partial charge on any atom is -0.369 e. The Morgan fingerprint density at radius 1 is 1.07 bits per heavy atom. The second-order valence-electron chi connectivity index (χ2n) is 6.81. The van der Waals surface area contributed by atoms with Crippen molar-refractivity contribution in [3.8, 4) is 5.69 Å². The number of rotatable bonds is 5. The van der Waals surface area contributed by atoms with Gasteiger partial charge < -0.3 is 11.1 Å². The predicted molar refractivity (Wildman–Crippen MR) is 103 cm³/mol. The molecule has 2 amide bonds. The molecule has 0 atom stereocenters. The van der Waals surface area contributed by atoms with Gasteiger partial charge in [0.05, 0.1) is 12.1 Å². The van der Waals surface area contributed by atoms with Crippen LogP contribution in [0.1, 0.15) is 33.7 Å². The van der Waals surface area contributed by atoms with Crippen LogP contribution >= 0.6 is 0 Å². The van der Waals surface area contributed by atoms with Gasteiger partial charge in [0.25, 0.3) is 5.91 Å². The Morgan fingerprint density at radius 3 is 2.46 bits per heavy atom. The summed E-state index contributed by atoms with van der Waals surface area (Å²) < 4.78 is 15.0. The van der Waals surface area contributed by atoms with Gasteiger partial charge in [-0.25, -0.2) is 9.07 Å². The molecule has 1 aliphatic carbocycles. The number of nitrogens with one attached hydrogen (secondary N) is 1. The van der Waals surface area contributed by atoms with Gasteiger partial charge in [0.15, 0.2) is 5.69 Å². The first-order chi connectivity index (χ1) is 13.5. The second-order valence-corrected chi connectivity index (χ2v) is 6.81. The van der Waals surface area contributed by atoms with Crippen molar-refractivity contribution in [2.75, 3.05) is 5.32 Å². The summed E-state index contributed by atoms with van der Waals surface area (Å²) in [5.74, 6) is -1.01. The van der Waals surface area contributed by atoms with Crippen molar-refractivity contribution in [1.82, 2.24) is 9.78 Å². The molecule has 1 aromatic heterocycles. The summed E-state index contributed by atoms with van der Waals surface area (Å²) in [6.07, 6.45) is 2.73. The Hall–Kier alpha value is -3.48. The highest BCUT2D eigenvalue weighted by atomic mass is 19.1. The minimum atomic E-state index is -0.404. The van der Waals surface area contributed by atoms with Crippen LogP contribution in [0.2, 0.25) is 0 Å². The molecule has 1 aliphatic rings. The fourth-order valence-electron chi connectivity index (χ4n) is 3.51. The van der Waals surface area contributed by atoms with Crippen LogP contribution in [0.25, 0.3) is 5.69 Å². The highest BCUT2D eigenvalue weighted by molar-refractivity contribution is 6.04. The van der Waals surface area contributed by atoms with E-state index in [-0.39, 0.29) is 18.1 Å². The number of aromatic nitrogens is 2. The first kappa shape index (κ1) is 17.9. The standard InChI is InChI=1S/C21H19FN4O2/c22-14-6-10-16(11-7-14)26-18-3-1-2-17(18)20(25-26)21(28)24-15-8-4-13(5-9-15)12-19(23)27/h4-11H,1-3,12H2,(H2,23,27)(H,24,28). The van der Waals surface area contributed by atoms with Crippen LogP contribution in [0, 0.1) is 5.82 Å². The van der Waals surface area contributed by atoms with Crippen LogP contribution in [0.4, 0.5) is 10.1 Å². The van der Waals surface area contributed by atoms with Gasteiger partial charge in [-0.2, -0.15) is 5.10 Å². The fourth-order valence-corrected chi connectivity index (χ4v) is 3.51. The lowest BCUT2D eigenvalue weighted by Crippen LogP contribution is -2.15. The summed E-state index contributed by atoms with van der Waals surface area (Å²) in [7, 11) is 0. The molecule has 0 bridgehead atoms. The number of fused-ring (bicyclic) bond motifs is 1. The van der Waals surface area contributed by atoms with Crippen LogP contribution in [-0.4, -0.2) is 21.6 Å². The van der Waals surface area contributed by atoms with E-state index in [0.717, 1.165) is 41.8 Å². The number of primary amides is 1. The van der Waals surface area contributed by atoms with E-state index in [1.807, 2.05) is 0 Å². The lowest BCUT2D eigenvalue weighted by Gasteiger charge is -2.06. The molecule has 0 radical (unpaired) electrons. The number of nitrogens with two attached hydrogens (primary N) is 1. The molecule has 3 N–H and O–H groups in total. The van der Waals surface area contributed by atoms with E-state index in [2.05, 4.69) is 10.4 Å². The Balaban J connectivity index is 1.59. The van der Waals surface area contributed by atoms with Crippen molar-refractivity contribution in [3.63, 3.8) is 0 Å². The highest BCUT2D eigenvalue weighted by Gasteiger charge is 2.27. The van der Waals surface area contributed by atoms with Gasteiger partial charge in [0.1, 0.15) is 5.82 Å². The molecule has 0 saturated carbocycles. The van der Waals surface area contributed by atoms with Gasteiger partial charge >= 0.3 is 0 Å². The molecule has 1 heterocycles. The normalized spacial score (nSPS) is 12.6. The summed E-state index contributed by atoms with van der Waals surface area (Å²) in [4.78, 5) is 23.8. The van der Waals surface area contributed by atoms with E-state index < -0.39 is 5.91 Å². The molecule has 2 aromatic carbocycles. The van der Waals surface area contributed by atoms with Crippen molar-refractivity contribution in [1.29, 1.82) is 0 Å². The Morgan fingerprint density at radius 2 is 1.79 bits per heavy atom. The number of hydrogen-bond donors (Lipinski definition) is 2. The number of halogens is 1. The summed E-state index contributed by atoms with van der Waals surface area (Å²) in [6.45, 7) is 0. The lowest BCUT2D eigenvalue weighted by atomic mass is 10.1. The Kier molecular flexibility index (Phi) is 4.65. The van der Waals surface area contributed by atoms with Crippen molar-refractivity contribution >= 4 is 17.5 Å². The number of carbonyl (C=O) groups is 2. The predicted octanol–water partition coefficient (Wildman–Crippen LogP) is 2.78. The Labute approximate surface area is 161 Å². The van der Waals surface area contributed by atoms with Crippen LogP contribution in [0.5, 0.6) is 0 Å². The van der Waals surface area contributed by atoms with Crippen molar-refractivity contribution < 1.29 is 14.0 Å². The van der Waals surface area contributed by atoms with Crippen LogP contribution in [0.3, 0.4) is 0 Å². The van der Waals surface area contributed by atoms with Gasteiger partial charge in [0, 0.05) is 16.9 Å². The smallest absolute Gasteiger partial charge is 0.276 e. The third-order valence-electron chi connectivity index (χ3n) is 4.81. The van der Waals surface area contributed by atoms with Crippen LogP contribution in [0.15, 0.2) is 48.5 Å². The van der Waals surface area contributed by atoms with E-state index in [1.54, 1.807) is 41.1 Å². The summed E-state index contributed by atoms with van der Waals surface area (Å²) >= 11 is 0. The molecule has 3 aromatic rings. The summed E-state index contributed by atoms with van der Waals surface area (Å²) in [5, 5.41) is 7.36. The topological polar surface area (TPSA) is 90.0 Å². The molecule has 0 saturated heterocycles. The number of amides is 2. The summed E-state index contributed by atoms with van der Waals surface area (Å²) in [5.41, 5.74) is 9.64. The van der Waals surface area contributed by atoms with Gasteiger partial charge in [0.2, 0.25) is 5.91 Å². The van der Waals surface area contributed by atoms with E-state index in [0.29, 0.717) is 11.4 Å². The largest absolute Gasteiger partial charge is 0.369 e. The number of carbonyl (C=O) groups excluding carboxylic acids is 2. The average Bonchev–Trinajstić information content (AvgIpc) is 3.26. The molecule has 0 unspecified atom stereocenters. The van der Waals surface area contributed by atoms with Crippen LogP contribution < -0.4 is 11.1 Å². The number of nitrogens with zero attached hydrogens (tertiary/aromatic N) is 2. The molecular formula is C21H19FN4O2. The Bertz CT molecular complexity index is 1040. The van der Waals surface area contributed by atoms with Crippen molar-refractivity contribution in [2.45, 2.75) is 25.7 Å². The van der Waals surface area contributed by atoms with E-state index >= 15 is 0 Å². The van der Waals surface area contributed by atoms with Crippen molar-refractivity contribution in [2.24, 2.45) is 5.73 Å². The van der Waals surface area contributed by atoms with Gasteiger partial charge in [-0.15, -0.1) is 0 Å². The third kappa shape index (κ3) is 3.51. The van der Waals surface area contributed by atoms with Crippen molar-refractivity contribution in [3.05, 3.63) is 76.9 Å². The highest BCUT2D eigenvalue weighted by Crippen LogP contribution is 2.28. The molecule has 142 valence electrons. The maximum atomic E-state index is 13.2. The van der Waals surface area contributed by atoms with Crippen LogP contribution in [-0.2, 0) is 24.1 Å². The molecule has 6 nitrogen and oxygen atoms in total. The zero-order chi connectivity index (χ0) is 19.7. The molecule has 0 spiro atoms. The van der Waals surface area contributed by atoms with E-state index in [9.17, 15) is 14.0 Å². The lowest BCUT2D eigenvalue weighted by molar-refractivity contribution is -0.117. The van der Waals surface area contributed by atoms with E-state index in [1.165, 1.54) is 12.1 Å². The number of anilines is 1. The summed E-state index contributed by atoms with van der Waals surface area (Å²) in [6, 6.07) is 13.0. The molecule has 7 heteroatoms. The average molecular weight is 378 g/mol. The van der Waals surface area contributed by atoms with E-state index in [4.69, 9.17) is 5.73 Å². The fraction of sp³-hybridized carbons (Fsp3) is 0.190. The maximum Gasteiger partial charge on any atom is 0.276 e. The second kappa shape index (κ2) is 7.26. The van der Waals surface area contributed by atoms with Gasteiger partial charge in [-0.3, -0.25) is 9.59 Å². The molecule has 0 aliphatic heterocycles. The van der Waals surface area contributed by atoms with Gasteiger partial charge in [-0.1, -0.05) is 12.1 Å². The zero-order valence-corrected chi connectivity index (χ0v) is 15.1. The first-order valence-corrected chi connectivity index (χ1v) is 9.06. The quantitative estimate of drug-likeness (QED) is 0.715. The molecule has 0 fully saturated rings. The number of benzene rings is 2. The van der Waals surface area contributed by atoms with Gasteiger partial charge in [-0.05, 0) is 61.2 Å². The molecular weight excluding hydrogens is 359 g/mol. The molecule has 4 rings (SSSR count). The monoisotopic (exact) mass is 378 g/mol. The number of hydrogen-bond acceptors (Lipinski definition) is 3. The minimum absolute atomic E-state index is 0.157. The zero-order valence-electron chi connectivity index (χ0n) is 15.1.